The van der Waals surface area contributed by atoms with Crippen molar-refractivity contribution in [3.63, 3.8) is 0 Å². The van der Waals surface area contributed by atoms with E-state index in [4.69, 9.17) is 4.74 Å². The number of thiazole rings is 1. The Kier molecular flexibility index (Phi) is 5.78. The molecule has 31 heavy (non-hydrogen) atoms. The van der Waals surface area contributed by atoms with Crippen LogP contribution in [0.15, 0.2) is 71.2 Å². The number of ether oxygens (including phenoxy) is 1. The number of sulfonamides is 1. The zero-order valence-electron chi connectivity index (χ0n) is 16.1. The van der Waals surface area contributed by atoms with E-state index in [1.165, 1.54) is 48.9 Å². The molecule has 0 saturated carbocycles. The number of methoxy groups -OCH3 is 1. The van der Waals surface area contributed by atoms with Gasteiger partial charge in [-0.15, -0.1) is 11.3 Å². The second-order valence-electron chi connectivity index (χ2n) is 6.20. The molecule has 0 aliphatic rings. The Morgan fingerprint density at radius 1 is 1.03 bits per heavy atom. The topological polar surface area (TPSA) is 106 Å². The van der Waals surface area contributed by atoms with Crippen molar-refractivity contribution in [2.24, 2.45) is 0 Å². The summed E-state index contributed by atoms with van der Waals surface area (Å²) in [4.78, 5) is 12.6. The molecule has 0 amide bonds. The van der Waals surface area contributed by atoms with E-state index in [2.05, 4.69) is 25.0 Å². The molecule has 2 aromatic carbocycles. The van der Waals surface area contributed by atoms with Crippen molar-refractivity contribution in [1.29, 1.82) is 0 Å². The minimum Gasteiger partial charge on any atom is -0.496 e. The van der Waals surface area contributed by atoms with Crippen LogP contribution in [-0.2, 0) is 10.0 Å². The van der Waals surface area contributed by atoms with Crippen LogP contribution in [0, 0.1) is 5.82 Å². The minimum absolute atomic E-state index is 0.0963. The van der Waals surface area contributed by atoms with Gasteiger partial charge >= 0.3 is 0 Å². The van der Waals surface area contributed by atoms with Crippen LogP contribution in [0.25, 0.3) is 11.3 Å². The Morgan fingerprint density at radius 2 is 1.84 bits per heavy atom. The SMILES string of the molecule is COc1cc(F)ccc1-c1ccnc(Nc2ccc(S(=O)(=O)Nc3nccs3)cc2)n1. The number of hydrogen-bond donors (Lipinski definition) is 2. The monoisotopic (exact) mass is 457 g/mol. The van der Waals surface area contributed by atoms with Crippen LogP contribution in [0.5, 0.6) is 5.75 Å². The van der Waals surface area contributed by atoms with Crippen LogP contribution in [0.3, 0.4) is 0 Å². The summed E-state index contributed by atoms with van der Waals surface area (Å²) in [6.07, 6.45) is 3.08. The number of nitrogens with zero attached hydrogens (tertiary/aromatic N) is 3. The van der Waals surface area contributed by atoms with Crippen LogP contribution in [0.2, 0.25) is 0 Å². The number of benzene rings is 2. The van der Waals surface area contributed by atoms with Crippen molar-refractivity contribution < 1.29 is 17.5 Å². The molecule has 0 spiro atoms. The highest BCUT2D eigenvalue weighted by molar-refractivity contribution is 7.93. The molecular formula is C20H16FN5O3S2. The molecule has 2 heterocycles. The second kappa shape index (κ2) is 8.66. The molecule has 4 aromatic rings. The number of nitrogens with one attached hydrogen (secondary N) is 2. The van der Waals surface area contributed by atoms with E-state index in [1.807, 2.05) is 0 Å². The summed E-state index contributed by atoms with van der Waals surface area (Å²) in [6, 6.07) is 12.0. The first-order chi connectivity index (χ1) is 14.9. The van der Waals surface area contributed by atoms with Gasteiger partial charge in [-0.2, -0.15) is 0 Å². The van der Waals surface area contributed by atoms with Crippen LogP contribution in [-0.4, -0.2) is 30.5 Å². The first kappa shape index (κ1) is 20.7. The normalized spacial score (nSPS) is 11.2. The van der Waals surface area contributed by atoms with Gasteiger partial charge in [-0.3, -0.25) is 4.72 Å². The van der Waals surface area contributed by atoms with Gasteiger partial charge in [0.05, 0.1) is 17.7 Å². The molecule has 0 bridgehead atoms. The molecular weight excluding hydrogens is 441 g/mol. The zero-order valence-corrected chi connectivity index (χ0v) is 17.7. The fourth-order valence-corrected chi connectivity index (χ4v) is 4.53. The van der Waals surface area contributed by atoms with E-state index >= 15 is 0 Å². The van der Waals surface area contributed by atoms with Gasteiger partial charge in [0.1, 0.15) is 11.6 Å². The average Bonchev–Trinajstić information content (AvgIpc) is 3.26. The summed E-state index contributed by atoms with van der Waals surface area (Å²) in [5, 5.41) is 5.00. The molecule has 158 valence electrons. The van der Waals surface area contributed by atoms with E-state index < -0.39 is 15.8 Å². The molecule has 2 aromatic heterocycles. The fourth-order valence-electron chi connectivity index (χ4n) is 2.74. The predicted molar refractivity (Wildman–Crippen MR) is 117 cm³/mol. The van der Waals surface area contributed by atoms with E-state index in [0.717, 1.165) is 0 Å². The predicted octanol–water partition coefficient (Wildman–Crippen LogP) is 4.29. The molecule has 8 nitrogen and oxygen atoms in total. The quantitative estimate of drug-likeness (QED) is 0.426. The van der Waals surface area contributed by atoms with Gasteiger partial charge < -0.3 is 10.1 Å². The highest BCUT2D eigenvalue weighted by Gasteiger charge is 2.15. The first-order valence-electron chi connectivity index (χ1n) is 8.91. The Balaban J connectivity index is 1.53. The second-order valence-corrected chi connectivity index (χ2v) is 8.78. The Morgan fingerprint density at radius 3 is 2.55 bits per heavy atom. The van der Waals surface area contributed by atoms with Crippen LogP contribution in [0.4, 0.5) is 21.2 Å². The lowest BCUT2D eigenvalue weighted by molar-refractivity contribution is 0.413. The van der Waals surface area contributed by atoms with E-state index in [-0.39, 0.29) is 4.90 Å². The summed E-state index contributed by atoms with van der Waals surface area (Å²) >= 11 is 1.19. The highest BCUT2D eigenvalue weighted by atomic mass is 32.2. The van der Waals surface area contributed by atoms with Gasteiger partial charge in [-0.1, -0.05) is 0 Å². The number of anilines is 3. The maximum Gasteiger partial charge on any atom is 0.263 e. The average molecular weight is 458 g/mol. The molecule has 0 atom stereocenters. The summed E-state index contributed by atoms with van der Waals surface area (Å²) in [5.74, 6) is 0.236. The van der Waals surface area contributed by atoms with Gasteiger partial charge in [-0.05, 0) is 42.5 Å². The minimum atomic E-state index is -3.73. The maximum absolute atomic E-state index is 13.5. The third-order valence-corrected chi connectivity index (χ3v) is 6.34. The third kappa shape index (κ3) is 4.78. The molecule has 0 aliphatic heterocycles. The van der Waals surface area contributed by atoms with Crippen LogP contribution < -0.4 is 14.8 Å². The van der Waals surface area contributed by atoms with E-state index in [9.17, 15) is 12.8 Å². The molecule has 4 rings (SSSR count). The van der Waals surface area contributed by atoms with Gasteiger partial charge in [0, 0.05) is 35.1 Å². The first-order valence-corrected chi connectivity index (χ1v) is 11.3. The highest BCUT2D eigenvalue weighted by Crippen LogP contribution is 2.30. The number of aromatic nitrogens is 3. The number of rotatable bonds is 7. The van der Waals surface area contributed by atoms with E-state index in [0.29, 0.717) is 33.8 Å². The molecule has 0 saturated heterocycles. The van der Waals surface area contributed by atoms with Crippen molar-refractivity contribution in [3.8, 4) is 17.0 Å². The Hall–Kier alpha value is -3.57. The standard InChI is InChI=1S/C20H16FN5O3S2/c1-29-18-12-13(21)2-7-16(18)17-8-9-22-19(25-17)24-14-3-5-15(6-4-14)31(27,28)26-20-23-10-11-30-20/h2-12H,1H3,(H,23,26)(H,22,24,25). The summed E-state index contributed by atoms with van der Waals surface area (Å²) < 4.78 is 46.0. The zero-order chi connectivity index (χ0) is 21.8. The van der Waals surface area contributed by atoms with Crippen molar-refractivity contribution in [3.05, 3.63) is 72.1 Å². The summed E-state index contributed by atoms with van der Waals surface area (Å²) in [7, 11) is -2.28. The Bertz CT molecular complexity index is 1300. The smallest absolute Gasteiger partial charge is 0.263 e. The Labute approximate surface area is 181 Å². The van der Waals surface area contributed by atoms with Gasteiger partial charge in [0.25, 0.3) is 10.0 Å². The lowest BCUT2D eigenvalue weighted by Crippen LogP contribution is -2.12. The molecule has 0 aliphatic carbocycles. The summed E-state index contributed by atoms with van der Waals surface area (Å²) in [5.41, 5.74) is 1.75. The third-order valence-electron chi connectivity index (χ3n) is 4.17. The lowest BCUT2D eigenvalue weighted by Gasteiger charge is -2.10. The summed E-state index contributed by atoms with van der Waals surface area (Å²) in [6.45, 7) is 0. The van der Waals surface area contributed by atoms with E-state index in [1.54, 1.807) is 35.8 Å². The molecule has 11 heteroatoms. The molecule has 0 unspecified atom stereocenters. The number of halogens is 1. The van der Waals surface area contributed by atoms with Gasteiger partial charge in [0.15, 0.2) is 5.13 Å². The number of hydrogen-bond acceptors (Lipinski definition) is 8. The molecule has 0 fully saturated rings. The molecule has 0 radical (unpaired) electrons. The van der Waals surface area contributed by atoms with Crippen molar-refractivity contribution >= 4 is 38.1 Å². The van der Waals surface area contributed by atoms with Crippen molar-refractivity contribution in [1.82, 2.24) is 15.0 Å². The van der Waals surface area contributed by atoms with Gasteiger partial charge in [-0.25, -0.2) is 27.8 Å². The largest absolute Gasteiger partial charge is 0.496 e. The fraction of sp³-hybridized carbons (Fsp3) is 0.0500. The van der Waals surface area contributed by atoms with Crippen molar-refractivity contribution in [2.45, 2.75) is 4.90 Å². The van der Waals surface area contributed by atoms with Crippen LogP contribution >= 0.6 is 11.3 Å². The molecule has 2 N–H and O–H groups in total. The lowest BCUT2D eigenvalue weighted by atomic mass is 10.1. The van der Waals surface area contributed by atoms with Crippen LogP contribution in [0.1, 0.15) is 0 Å². The maximum atomic E-state index is 13.5. The van der Waals surface area contributed by atoms with Gasteiger partial charge in [0.2, 0.25) is 5.95 Å². The van der Waals surface area contributed by atoms with Crippen molar-refractivity contribution in [2.75, 3.05) is 17.1 Å².